The standard InChI is InChI=1S/C17H22F3N5O2.HI/c1-16(2,3)14-24-13(25-27-14)10-23-15(21-4)22-9-11-7-5-6-8-12(11)26-17(18,19)20;/h5-8H,9-10H2,1-4H3,(H2,21,22,23);1H. The molecule has 0 aliphatic rings. The molecule has 0 atom stereocenters. The van der Waals surface area contributed by atoms with Crippen molar-refractivity contribution in [2.24, 2.45) is 4.99 Å². The van der Waals surface area contributed by atoms with Gasteiger partial charge in [0.15, 0.2) is 11.8 Å². The van der Waals surface area contributed by atoms with E-state index < -0.39 is 6.36 Å². The highest BCUT2D eigenvalue weighted by atomic mass is 127. The van der Waals surface area contributed by atoms with Crippen LogP contribution in [0.4, 0.5) is 13.2 Å². The van der Waals surface area contributed by atoms with Crippen molar-refractivity contribution in [3.05, 3.63) is 41.5 Å². The number of alkyl halides is 3. The molecule has 2 N–H and O–H groups in total. The Labute approximate surface area is 178 Å². The van der Waals surface area contributed by atoms with Gasteiger partial charge in [-0.1, -0.05) is 44.1 Å². The van der Waals surface area contributed by atoms with Gasteiger partial charge in [0, 0.05) is 24.6 Å². The number of rotatable bonds is 5. The largest absolute Gasteiger partial charge is 0.573 e. The number of aromatic nitrogens is 2. The molecule has 0 saturated heterocycles. The molecular weight excluding hydrogens is 490 g/mol. The number of ether oxygens (including phenoxy) is 1. The van der Waals surface area contributed by atoms with E-state index in [0.29, 0.717) is 23.2 Å². The van der Waals surface area contributed by atoms with E-state index in [4.69, 9.17) is 4.52 Å². The Hall–Kier alpha value is -2.05. The van der Waals surface area contributed by atoms with Gasteiger partial charge in [-0.05, 0) is 6.07 Å². The van der Waals surface area contributed by atoms with Crippen LogP contribution in [0.25, 0.3) is 0 Å². The van der Waals surface area contributed by atoms with Gasteiger partial charge in [-0.3, -0.25) is 4.99 Å². The quantitative estimate of drug-likeness (QED) is 0.360. The molecule has 0 aliphatic carbocycles. The van der Waals surface area contributed by atoms with Gasteiger partial charge in [0.25, 0.3) is 0 Å². The van der Waals surface area contributed by atoms with Crippen LogP contribution in [0.15, 0.2) is 33.8 Å². The van der Waals surface area contributed by atoms with Gasteiger partial charge < -0.3 is 19.9 Å². The van der Waals surface area contributed by atoms with Gasteiger partial charge >= 0.3 is 6.36 Å². The Morgan fingerprint density at radius 3 is 2.36 bits per heavy atom. The molecule has 0 saturated carbocycles. The maximum atomic E-state index is 12.5. The van der Waals surface area contributed by atoms with Crippen molar-refractivity contribution < 1.29 is 22.4 Å². The van der Waals surface area contributed by atoms with Crippen LogP contribution in [0, 0.1) is 0 Å². The fourth-order valence-electron chi connectivity index (χ4n) is 2.07. The summed E-state index contributed by atoms with van der Waals surface area (Å²) in [6.07, 6.45) is -4.75. The van der Waals surface area contributed by atoms with E-state index in [9.17, 15) is 13.2 Å². The van der Waals surface area contributed by atoms with Crippen LogP contribution in [-0.4, -0.2) is 29.5 Å². The monoisotopic (exact) mass is 513 g/mol. The third kappa shape index (κ3) is 7.52. The van der Waals surface area contributed by atoms with Crippen molar-refractivity contribution in [2.75, 3.05) is 7.05 Å². The molecule has 0 aliphatic heterocycles. The van der Waals surface area contributed by atoms with Gasteiger partial charge in [0.1, 0.15) is 5.75 Å². The number of benzene rings is 1. The summed E-state index contributed by atoms with van der Waals surface area (Å²) in [4.78, 5) is 8.32. The van der Waals surface area contributed by atoms with Crippen LogP contribution in [0.3, 0.4) is 0 Å². The van der Waals surface area contributed by atoms with Crippen LogP contribution in [-0.2, 0) is 18.5 Å². The summed E-state index contributed by atoms with van der Waals surface area (Å²) >= 11 is 0. The molecule has 11 heteroatoms. The Kier molecular flexibility index (Phi) is 8.51. The highest BCUT2D eigenvalue weighted by Crippen LogP contribution is 2.26. The molecule has 1 heterocycles. The molecule has 0 fully saturated rings. The molecular formula is C17H23F3IN5O2. The van der Waals surface area contributed by atoms with E-state index in [2.05, 4.69) is 30.5 Å². The summed E-state index contributed by atoms with van der Waals surface area (Å²) < 4.78 is 46.7. The third-order valence-electron chi connectivity index (χ3n) is 3.39. The molecule has 1 aromatic heterocycles. The molecule has 0 spiro atoms. The predicted octanol–water partition coefficient (Wildman–Crippen LogP) is 3.75. The number of hydrogen-bond donors (Lipinski definition) is 2. The van der Waals surface area contributed by atoms with E-state index in [1.807, 2.05) is 20.8 Å². The normalized spacial score (nSPS) is 12.3. The second-order valence-electron chi connectivity index (χ2n) is 6.70. The first-order chi connectivity index (χ1) is 12.6. The molecule has 28 heavy (non-hydrogen) atoms. The molecule has 2 aromatic rings. The first kappa shape index (κ1) is 24.0. The highest BCUT2D eigenvalue weighted by Gasteiger charge is 2.32. The molecule has 1 aromatic carbocycles. The Balaban J connectivity index is 0.00000392. The third-order valence-corrected chi connectivity index (χ3v) is 3.39. The summed E-state index contributed by atoms with van der Waals surface area (Å²) in [5.41, 5.74) is 0.0836. The van der Waals surface area contributed by atoms with E-state index in [1.165, 1.54) is 18.2 Å². The maximum absolute atomic E-state index is 12.5. The predicted molar refractivity (Wildman–Crippen MR) is 109 cm³/mol. The molecule has 0 bridgehead atoms. The van der Waals surface area contributed by atoms with Gasteiger partial charge in [-0.25, -0.2) is 0 Å². The zero-order chi connectivity index (χ0) is 20.1. The van der Waals surface area contributed by atoms with Crippen LogP contribution < -0.4 is 15.4 Å². The lowest BCUT2D eigenvalue weighted by atomic mass is 9.97. The van der Waals surface area contributed by atoms with Crippen LogP contribution >= 0.6 is 24.0 Å². The number of hydrogen-bond acceptors (Lipinski definition) is 5. The summed E-state index contributed by atoms with van der Waals surface area (Å²) in [7, 11) is 1.55. The average molecular weight is 513 g/mol. The topological polar surface area (TPSA) is 84.6 Å². The van der Waals surface area contributed by atoms with Gasteiger partial charge in [0.05, 0.1) is 6.54 Å². The zero-order valence-electron chi connectivity index (χ0n) is 15.9. The molecule has 156 valence electrons. The van der Waals surface area contributed by atoms with Crippen molar-refractivity contribution in [2.45, 2.75) is 45.6 Å². The van der Waals surface area contributed by atoms with Crippen molar-refractivity contribution in [1.29, 1.82) is 0 Å². The first-order valence-corrected chi connectivity index (χ1v) is 8.20. The fraction of sp³-hybridized carbons (Fsp3) is 0.471. The Morgan fingerprint density at radius 1 is 1.14 bits per heavy atom. The van der Waals surface area contributed by atoms with Crippen LogP contribution in [0.2, 0.25) is 0 Å². The molecule has 0 amide bonds. The molecule has 0 unspecified atom stereocenters. The second kappa shape index (κ2) is 9.94. The Morgan fingerprint density at radius 2 is 1.79 bits per heavy atom. The Bertz CT molecular complexity index is 788. The fourth-order valence-corrected chi connectivity index (χ4v) is 2.07. The zero-order valence-corrected chi connectivity index (χ0v) is 18.3. The highest BCUT2D eigenvalue weighted by molar-refractivity contribution is 14.0. The number of nitrogens with one attached hydrogen (secondary N) is 2. The van der Waals surface area contributed by atoms with Crippen LogP contribution in [0.1, 0.15) is 38.0 Å². The van der Waals surface area contributed by atoms with E-state index in [0.717, 1.165) is 0 Å². The lowest BCUT2D eigenvalue weighted by Crippen LogP contribution is -2.36. The smallest absolute Gasteiger partial charge is 0.405 e. The van der Waals surface area contributed by atoms with Gasteiger partial charge in [0.2, 0.25) is 5.89 Å². The van der Waals surface area contributed by atoms with Crippen molar-refractivity contribution in [3.8, 4) is 5.75 Å². The minimum Gasteiger partial charge on any atom is -0.405 e. The van der Waals surface area contributed by atoms with Crippen LogP contribution in [0.5, 0.6) is 5.75 Å². The van der Waals surface area contributed by atoms with Gasteiger partial charge in [-0.15, -0.1) is 37.1 Å². The number of guanidine groups is 1. The lowest BCUT2D eigenvalue weighted by Gasteiger charge is -2.15. The SMILES string of the molecule is CN=C(NCc1noc(C(C)(C)C)n1)NCc1ccccc1OC(F)(F)F.I. The molecule has 7 nitrogen and oxygen atoms in total. The number of halogens is 4. The molecule has 0 radical (unpaired) electrons. The number of para-hydroxylation sites is 1. The summed E-state index contributed by atoms with van der Waals surface area (Å²) in [6.45, 7) is 6.21. The van der Waals surface area contributed by atoms with E-state index in [1.54, 1.807) is 13.1 Å². The number of nitrogens with zero attached hydrogens (tertiary/aromatic N) is 3. The van der Waals surface area contributed by atoms with Crippen molar-refractivity contribution >= 4 is 29.9 Å². The molecule has 2 rings (SSSR count). The summed E-state index contributed by atoms with van der Waals surface area (Å²) in [6, 6.07) is 5.90. The van der Waals surface area contributed by atoms with E-state index in [-0.39, 0.29) is 48.2 Å². The van der Waals surface area contributed by atoms with Crippen molar-refractivity contribution in [3.63, 3.8) is 0 Å². The maximum Gasteiger partial charge on any atom is 0.573 e. The number of aliphatic imine (C=N–C) groups is 1. The van der Waals surface area contributed by atoms with Crippen molar-refractivity contribution in [1.82, 2.24) is 20.8 Å². The van der Waals surface area contributed by atoms with Gasteiger partial charge in [-0.2, -0.15) is 4.98 Å². The lowest BCUT2D eigenvalue weighted by molar-refractivity contribution is -0.274. The summed E-state index contributed by atoms with van der Waals surface area (Å²) in [5, 5.41) is 9.79. The average Bonchev–Trinajstić information content (AvgIpc) is 3.04. The van der Waals surface area contributed by atoms with E-state index >= 15 is 0 Å². The second-order valence-corrected chi connectivity index (χ2v) is 6.70. The first-order valence-electron chi connectivity index (χ1n) is 8.20. The minimum absolute atomic E-state index is 0. The summed E-state index contributed by atoms with van der Waals surface area (Å²) in [5.74, 6) is 1.07. The minimum atomic E-state index is -4.75.